The van der Waals surface area contributed by atoms with Gasteiger partial charge in [0.2, 0.25) is 10.0 Å². The first-order valence-corrected chi connectivity index (χ1v) is 12.9. The minimum absolute atomic E-state index is 0.0999. The lowest BCUT2D eigenvalue weighted by Gasteiger charge is -2.20. The molecule has 2 aromatic rings. The molecule has 178 valence electrons. The number of benzene rings is 2. The number of ether oxygens (including phenoxy) is 1. The summed E-state index contributed by atoms with van der Waals surface area (Å²) in [6, 6.07) is 13.7. The van der Waals surface area contributed by atoms with Gasteiger partial charge >= 0.3 is 5.97 Å². The highest BCUT2D eigenvalue weighted by atomic mass is 35.5. The maximum Gasteiger partial charge on any atom is 0.306 e. The third-order valence-corrected chi connectivity index (χ3v) is 7.68. The van der Waals surface area contributed by atoms with Gasteiger partial charge in [0.1, 0.15) is 0 Å². The van der Waals surface area contributed by atoms with E-state index >= 15 is 0 Å². The summed E-state index contributed by atoms with van der Waals surface area (Å²) in [6.45, 7) is 1.09. The zero-order valence-corrected chi connectivity index (χ0v) is 20.0. The van der Waals surface area contributed by atoms with Crippen molar-refractivity contribution in [1.29, 1.82) is 0 Å². The number of hydrogen-bond donors (Lipinski definition) is 1. The van der Waals surface area contributed by atoms with Gasteiger partial charge in [-0.3, -0.25) is 9.59 Å². The molecule has 1 aliphatic rings. The molecular formula is C24H29ClN2O5S. The van der Waals surface area contributed by atoms with Gasteiger partial charge in [-0.2, -0.15) is 4.31 Å². The van der Waals surface area contributed by atoms with Crippen LogP contribution in [0, 0.1) is 0 Å². The molecule has 0 radical (unpaired) electrons. The molecule has 0 atom stereocenters. The van der Waals surface area contributed by atoms with Gasteiger partial charge in [0.15, 0.2) is 6.61 Å². The highest BCUT2D eigenvalue weighted by molar-refractivity contribution is 7.89. The largest absolute Gasteiger partial charge is 0.456 e. The monoisotopic (exact) mass is 492 g/mol. The lowest BCUT2D eigenvalue weighted by molar-refractivity contribution is -0.148. The molecule has 1 amide bonds. The van der Waals surface area contributed by atoms with Crippen molar-refractivity contribution in [3.05, 3.63) is 64.7 Å². The first kappa shape index (κ1) is 25.2. The Labute approximate surface area is 200 Å². The van der Waals surface area contributed by atoms with Crippen LogP contribution >= 0.6 is 11.6 Å². The molecule has 1 saturated heterocycles. The summed E-state index contributed by atoms with van der Waals surface area (Å²) in [4.78, 5) is 24.1. The molecule has 0 aromatic heterocycles. The topological polar surface area (TPSA) is 92.8 Å². The Bertz CT molecular complexity index is 1030. The van der Waals surface area contributed by atoms with Crippen LogP contribution in [-0.2, 0) is 37.3 Å². The highest BCUT2D eigenvalue weighted by Crippen LogP contribution is 2.21. The zero-order valence-electron chi connectivity index (χ0n) is 18.5. The Morgan fingerprint density at radius 1 is 0.909 bits per heavy atom. The van der Waals surface area contributed by atoms with Crippen LogP contribution in [0.5, 0.6) is 0 Å². The van der Waals surface area contributed by atoms with E-state index in [1.165, 1.54) is 0 Å². The van der Waals surface area contributed by atoms with Gasteiger partial charge in [0.05, 0.1) is 4.90 Å². The second kappa shape index (κ2) is 12.2. The van der Waals surface area contributed by atoms with Crippen molar-refractivity contribution >= 4 is 33.5 Å². The third kappa shape index (κ3) is 7.84. The van der Waals surface area contributed by atoms with Crippen LogP contribution in [0.3, 0.4) is 0 Å². The SMILES string of the molecule is O=C(COC(=O)CCc1ccc(S(=O)(=O)N2CCCCCC2)cc1)NCc1ccc(Cl)cc1. The maximum atomic E-state index is 12.8. The van der Waals surface area contributed by atoms with Crippen LogP contribution in [0.2, 0.25) is 5.02 Å². The van der Waals surface area contributed by atoms with Gasteiger partial charge in [-0.05, 0) is 54.7 Å². The molecule has 0 spiro atoms. The molecule has 33 heavy (non-hydrogen) atoms. The first-order chi connectivity index (χ1) is 15.8. The van der Waals surface area contributed by atoms with E-state index in [0.717, 1.165) is 36.8 Å². The minimum atomic E-state index is -3.49. The number of rotatable bonds is 9. The third-order valence-electron chi connectivity index (χ3n) is 5.51. The average molecular weight is 493 g/mol. The molecule has 1 aliphatic heterocycles. The van der Waals surface area contributed by atoms with Crippen molar-refractivity contribution in [3.8, 4) is 0 Å². The van der Waals surface area contributed by atoms with Crippen molar-refractivity contribution in [2.45, 2.75) is 50.0 Å². The smallest absolute Gasteiger partial charge is 0.306 e. The molecule has 1 fully saturated rings. The van der Waals surface area contributed by atoms with E-state index in [1.807, 2.05) is 0 Å². The molecule has 0 unspecified atom stereocenters. The molecule has 0 saturated carbocycles. The second-order valence-corrected chi connectivity index (χ2v) is 10.4. The second-order valence-electron chi connectivity index (χ2n) is 8.03. The van der Waals surface area contributed by atoms with Crippen LogP contribution in [0.4, 0.5) is 0 Å². The first-order valence-electron chi connectivity index (χ1n) is 11.1. The molecule has 0 bridgehead atoms. The van der Waals surface area contributed by atoms with Gasteiger partial charge in [0, 0.05) is 31.1 Å². The molecule has 3 rings (SSSR count). The van der Waals surface area contributed by atoms with Crippen LogP contribution < -0.4 is 5.32 Å². The predicted molar refractivity (Wildman–Crippen MR) is 126 cm³/mol. The Kier molecular flexibility index (Phi) is 9.29. The number of nitrogens with one attached hydrogen (secondary N) is 1. The summed E-state index contributed by atoms with van der Waals surface area (Å²) >= 11 is 5.82. The zero-order chi connectivity index (χ0) is 23.7. The molecule has 1 N–H and O–H groups in total. The Hall–Kier alpha value is -2.42. The van der Waals surface area contributed by atoms with Crippen molar-refractivity contribution in [2.75, 3.05) is 19.7 Å². The average Bonchev–Trinajstić information content (AvgIpc) is 3.11. The number of carbonyl (C=O) groups is 2. The van der Waals surface area contributed by atoms with Crippen molar-refractivity contribution in [3.63, 3.8) is 0 Å². The van der Waals surface area contributed by atoms with Gasteiger partial charge in [-0.25, -0.2) is 8.42 Å². The summed E-state index contributed by atoms with van der Waals surface area (Å²) in [5.41, 5.74) is 1.72. The lowest BCUT2D eigenvalue weighted by atomic mass is 10.1. The number of sulfonamides is 1. The Morgan fingerprint density at radius 2 is 1.52 bits per heavy atom. The highest BCUT2D eigenvalue weighted by Gasteiger charge is 2.24. The van der Waals surface area contributed by atoms with E-state index in [4.69, 9.17) is 16.3 Å². The number of carbonyl (C=O) groups excluding carboxylic acids is 2. The van der Waals surface area contributed by atoms with Gasteiger partial charge in [-0.15, -0.1) is 0 Å². The number of hydrogen-bond acceptors (Lipinski definition) is 5. The van der Waals surface area contributed by atoms with Gasteiger partial charge < -0.3 is 10.1 Å². The van der Waals surface area contributed by atoms with Crippen molar-refractivity contribution in [1.82, 2.24) is 9.62 Å². The fourth-order valence-electron chi connectivity index (χ4n) is 3.58. The molecule has 2 aromatic carbocycles. The normalized spacial score (nSPS) is 14.9. The number of nitrogens with zero attached hydrogens (tertiary/aromatic N) is 1. The van der Waals surface area contributed by atoms with E-state index in [2.05, 4.69) is 5.32 Å². The van der Waals surface area contributed by atoms with Gasteiger partial charge in [0.25, 0.3) is 5.91 Å². The number of halogens is 1. The summed E-state index contributed by atoms with van der Waals surface area (Å²) < 4.78 is 32.3. The Morgan fingerprint density at radius 3 is 2.15 bits per heavy atom. The van der Waals surface area contributed by atoms with Gasteiger partial charge in [-0.1, -0.05) is 48.7 Å². The summed E-state index contributed by atoms with van der Waals surface area (Å²) in [5.74, 6) is -0.876. The molecule has 7 nitrogen and oxygen atoms in total. The summed E-state index contributed by atoms with van der Waals surface area (Å²) in [7, 11) is -3.49. The Balaban J connectivity index is 1.40. The van der Waals surface area contributed by atoms with E-state index < -0.39 is 16.0 Å². The molecule has 1 heterocycles. The standard InChI is InChI=1S/C24H29ClN2O5S/c25-21-10-5-20(6-11-21)17-26-23(28)18-32-24(29)14-9-19-7-12-22(13-8-19)33(30,31)27-15-3-1-2-4-16-27/h5-8,10-13H,1-4,9,14-18H2,(H,26,28). The number of aryl methyl sites for hydroxylation is 1. The van der Waals surface area contributed by atoms with E-state index in [9.17, 15) is 18.0 Å². The fourth-order valence-corrected chi connectivity index (χ4v) is 5.22. The van der Waals surface area contributed by atoms with Crippen LogP contribution in [0.15, 0.2) is 53.4 Å². The molecule has 0 aliphatic carbocycles. The predicted octanol–water partition coefficient (Wildman–Crippen LogP) is 3.70. The molecule has 9 heteroatoms. The van der Waals surface area contributed by atoms with Crippen molar-refractivity contribution in [2.24, 2.45) is 0 Å². The number of esters is 1. The summed E-state index contributed by atoms with van der Waals surface area (Å²) in [5, 5.41) is 3.30. The maximum absolute atomic E-state index is 12.8. The fraction of sp³-hybridized carbons (Fsp3) is 0.417. The van der Waals surface area contributed by atoms with E-state index in [1.54, 1.807) is 52.8 Å². The molecular weight excluding hydrogens is 464 g/mol. The van der Waals surface area contributed by atoms with Crippen molar-refractivity contribution < 1.29 is 22.7 Å². The van der Waals surface area contributed by atoms with E-state index in [0.29, 0.717) is 31.1 Å². The minimum Gasteiger partial charge on any atom is -0.456 e. The lowest BCUT2D eigenvalue weighted by Crippen LogP contribution is -2.31. The quantitative estimate of drug-likeness (QED) is 0.539. The van der Waals surface area contributed by atoms with Crippen LogP contribution in [0.25, 0.3) is 0 Å². The van der Waals surface area contributed by atoms with Crippen LogP contribution in [0.1, 0.15) is 43.2 Å². The van der Waals surface area contributed by atoms with Crippen LogP contribution in [-0.4, -0.2) is 44.3 Å². The number of amides is 1. The summed E-state index contributed by atoms with van der Waals surface area (Å²) in [6.07, 6.45) is 4.39. The van der Waals surface area contributed by atoms with E-state index in [-0.39, 0.29) is 23.8 Å².